The van der Waals surface area contributed by atoms with Gasteiger partial charge in [0.05, 0.1) is 5.39 Å². The molecule has 1 aliphatic carbocycles. The van der Waals surface area contributed by atoms with Crippen LogP contribution in [-0.2, 0) is 32.1 Å². The van der Waals surface area contributed by atoms with Crippen molar-refractivity contribution in [2.75, 3.05) is 0 Å². The maximum atomic E-state index is 7.00. The largest absolute Gasteiger partial charge is 0.761 e. The second kappa shape index (κ2) is 12.9. The summed E-state index contributed by atoms with van der Waals surface area (Å²) < 4.78 is 0. The molecule has 12 heteroatoms. The van der Waals surface area contributed by atoms with Crippen LogP contribution in [0.3, 0.4) is 0 Å². The molecule has 1 aliphatic heterocycles. The van der Waals surface area contributed by atoms with Crippen LogP contribution in [0.2, 0.25) is 0 Å². The van der Waals surface area contributed by atoms with Gasteiger partial charge in [-0.1, -0.05) is 31.7 Å². The van der Waals surface area contributed by atoms with Crippen LogP contribution in [0.1, 0.15) is 32.6 Å². The van der Waals surface area contributed by atoms with Gasteiger partial charge in [-0.2, -0.15) is 0 Å². The third-order valence-corrected chi connectivity index (χ3v) is 3.43. The molecule has 1 saturated carbocycles. The van der Waals surface area contributed by atoms with Gasteiger partial charge in [-0.05, 0) is 12.5 Å². The first kappa shape index (κ1) is 24.8. The maximum absolute atomic E-state index is 7.00. The van der Waals surface area contributed by atoms with Crippen molar-refractivity contribution in [3.63, 3.8) is 0 Å². The Morgan fingerprint density at radius 1 is 1.36 bits per heavy atom. The van der Waals surface area contributed by atoms with E-state index in [0.717, 1.165) is 0 Å². The zero-order valence-electron chi connectivity index (χ0n) is 12.6. The zero-order valence-corrected chi connectivity index (χ0v) is 16.4. The van der Waals surface area contributed by atoms with E-state index in [9.17, 15) is 0 Å². The third-order valence-electron chi connectivity index (χ3n) is 3.33. The molecule has 2 fully saturated rings. The molecular formula is C10H25N6O4SZn-3. The van der Waals surface area contributed by atoms with Gasteiger partial charge in [0.15, 0.2) is 0 Å². The monoisotopic (exact) mass is 389 g/mol. The average molecular weight is 391 g/mol. The molecule has 0 aromatic rings. The van der Waals surface area contributed by atoms with E-state index in [0.29, 0.717) is 12.1 Å². The summed E-state index contributed by atoms with van der Waals surface area (Å²) in [7, 11) is 0. The topological polar surface area (TPSA) is 174 Å². The second-order valence-electron chi connectivity index (χ2n) is 4.91. The number of fused-ring (bicyclic) bond motifs is 1. The van der Waals surface area contributed by atoms with Gasteiger partial charge in [-0.15, -0.1) is 18.2 Å². The number of nitrogens with one attached hydrogen (secondary N) is 2. The van der Waals surface area contributed by atoms with Crippen molar-refractivity contribution in [1.82, 2.24) is 16.1 Å². The summed E-state index contributed by atoms with van der Waals surface area (Å²) in [5.41, 5.74) is 11.9. The van der Waals surface area contributed by atoms with E-state index in [-0.39, 0.29) is 37.2 Å². The SMILES string of the molecule is CC([N-]NC(N)[S-])C1[N-]C2CCCCC2N1.O.ON(O)O.[Zn]. The van der Waals surface area contributed by atoms with Gasteiger partial charge in [0.25, 0.3) is 0 Å². The third kappa shape index (κ3) is 9.65. The number of rotatable bonds is 4. The summed E-state index contributed by atoms with van der Waals surface area (Å²) in [5, 5.41) is 28.3. The molecule has 2 aliphatic rings. The minimum absolute atomic E-state index is 0. The molecule has 10 nitrogen and oxygen atoms in total. The number of hydrogen-bond acceptors (Lipinski definition) is 8. The summed E-state index contributed by atoms with van der Waals surface area (Å²) >= 11 is 4.80. The fourth-order valence-corrected chi connectivity index (χ4v) is 2.54. The van der Waals surface area contributed by atoms with Gasteiger partial charge in [0.1, 0.15) is 0 Å². The van der Waals surface area contributed by atoms with E-state index in [1.807, 2.05) is 6.92 Å². The number of nitrogens with two attached hydrogens (primary N) is 1. The van der Waals surface area contributed by atoms with Gasteiger partial charge in [0.2, 0.25) is 0 Å². The van der Waals surface area contributed by atoms with E-state index in [2.05, 4.69) is 16.2 Å². The smallest absolute Gasteiger partial charge is 0.0685 e. The Bertz CT molecular complexity index is 265. The molecule has 2 rings (SSSR count). The molecule has 0 aromatic carbocycles. The van der Waals surface area contributed by atoms with Gasteiger partial charge >= 0.3 is 0 Å². The molecule has 0 aromatic heterocycles. The average Bonchev–Trinajstić information content (AvgIpc) is 2.79. The first-order valence-electron chi connectivity index (χ1n) is 6.59. The molecule has 22 heavy (non-hydrogen) atoms. The van der Waals surface area contributed by atoms with Crippen LogP contribution in [0, 0.1) is 0 Å². The van der Waals surface area contributed by atoms with Gasteiger partial charge in [-0.3, -0.25) is 15.6 Å². The van der Waals surface area contributed by atoms with Crippen molar-refractivity contribution in [3.8, 4) is 0 Å². The molecule has 0 spiro atoms. The zero-order chi connectivity index (χ0) is 15.1. The summed E-state index contributed by atoms with van der Waals surface area (Å²) in [6, 6.07) is 1.14. The first-order valence-corrected chi connectivity index (χ1v) is 7.07. The second-order valence-corrected chi connectivity index (χ2v) is 5.41. The van der Waals surface area contributed by atoms with Crippen LogP contribution in [0.4, 0.5) is 0 Å². The minimum Gasteiger partial charge on any atom is -0.761 e. The van der Waals surface area contributed by atoms with Crippen molar-refractivity contribution in [3.05, 3.63) is 10.7 Å². The van der Waals surface area contributed by atoms with Crippen molar-refractivity contribution >= 4 is 12.6 Å². The Labute approximate surface area is 148 Å². The summed E-state index contributed by atoms with van der Waals surface area (Å²) in [6.07, 6.45) is 5.20. The molecule has 5 atom stereocenters. The van der Waals surface area contributed by atoms with Gasteiger partial charge < -0.3 is 45.3 Å². The predicted octanol–water partition coefficient (Wildman–Crippen LogP) is -0.715. The molecule has 5 unspecified atom stereocenters. The van der Waals surface area contributed by atoms with Crippen LogP contribution < -0.4 is 16.5 Å². The van der Waals surface area contributed by atoms with Crippen molar-refractivity contribution in [2.24, 2.45) is 5.73 Å². The predicted molar refractivity (Wildman–Crippen MR) is 78.4 cm³/mol. The minimum atomic E-state index is -1.00. The Hall–Kier alpha value is 0.573. The van der Waals surface area contributed by atoms with Gasteiger partial charge in [0, 0.05) is 19.5 Å². The van der Waals surface area contributed by atoms with Crippen LogP contribution >= 0.6 is 0 Å². The van der Waals surface area contributed by atoms with E-state index >= 15 is 0 Å². The molecule has 0 bridgehead atoms. The van der Waals surface area contributed by atoms with Crippen LogP contribution in [-0.4, -0.2) is 56.3 Å². The first-order chi connectivity index (χ1) is 9.40. The summed E-state index contributed by atoms with van der Waals surface area (Å²) in [4.78, 5) is 0. The molecular weight excluding hydrogens is 366 g/mol. The summed E-state index contributed by atoms with van der Waals surface area (Å²) in [6.45, 7) is 2.03. The van der Waals surface area contributed by atoms with Gasteiger partial charge in [-0.25, -0.2) is 0 Å². The van der Waals surface area contributed by atoms with E-state index in [4.69, 9.17) is 39.3 Å². The van der Waals surface area contributed by atoms with Crippen LogP contribution in [0.15, 0.2) is 0 Å². The molecule has 1 heterocycles. The standard InChI is InChI=1S/C10H21N5S.H3NO3.H2O.Zn/c1-6(14-15-10(11)16)9-12-7-4-2-3-5-8(7)13-9;2-1(3)4;;/h6-10,12,15-16H,2-5,11H2,1H3;2-4H;1H2;/q-2;;;/p-1. The molecule has 0 amide bonds. The summed E-state index contributed by atoms with van der Waals surface area (Å²) in [5.74, 6) is 0. The Balaban J connectivity index is 0. The van der Waals surface area contributed by atoms with E-state index in [1.54, 1.807) is 0 Å². The van der Waals surface area contributed by atoms with Crippen molar-refractivity contribution in [1.29, 1.82) is 0 Å². The number of hydrogen-bond donors (Lipinski definition) is 6. The fourth-order valence-electron chi connectivity index (χ4n) is 2.48. The molecule has 130 valence electrons. The van der Waals surface area contributed by atoms with Crippen LogP contribution in [0.5, 0.6) is 0 Å². The van der Waals surface area contributed by atoms with Crippen LogP contribution in [0.25, 0.3) is 10.7 Å². The Morgan fingerprint density at radius 3 is 2.41 bits per heavy atom. The molecule has 9 N–H and O–H groups in total. The Kier molecular flexibility index (Phi) is 14.6. The number of nitrogens with zero attached hydrogens (tertiary/aromatic N) is 3. The fraction of sp³-hybridized carbons (Fsp3) is 1.00. The van der Waals surface area contributed by atoms with E-state index in [1.165, 1.54) is 25.7 Å². The van der Waals surface area contributed by atoms with Crippen molar-refractivity contribution in [2.45, 2.75) is 62.4 Å². The Morgan fingerprint density at radius 2 is 1.91 bits per heavy atom. The quantitative estimate of drug-likeness (QED) is 0.158. The maximum Gasteiger partial charge on any atom is 0.0685 e. The van der Waals surface area contributed by atoms with Crippen molar-refractivity contribution < 1.29 is 40.6 Å². The molecule has 1 saturated heterocycles. The molecule has 0 radical (unpaired) electrons. The van der Waals surface area contributed by atoms with E-state index < -0.39 is 10.9 Å². The normalized spacial score (nSPS) is 29.3.